The van der Waals surface area contributed by atoms with Crippen molar-refractivity contribution in [2.75, 3.05) is 5.32 Å². The van der Waals surface area contributed by atoms with E-state index in [4.69, 9.17) is 14.9 Å². The molecule has 5 heteroatoms. The minimum Gasteiger partial charge on any atom is -0.467 e. The van der Waals surface area contributed by atoms with E-state index >= 15 is 0 Å². The van der Waals surface area contributed by atoms with Crippen molar-refractivity contribution in [3.8, 4) is 0 Å². The smallest absolute Gasteiger partial charge is 0.253 e. The number of amides is 1. The number of hydrogen-bond acceptors (Lipinski definition) is 4. The number of carbonyl (C=O) groups is 1. The van der Waals surface area contributed by atoms with Gasteiger partial charge in [-0.05, 0) is 36.8 Å². The number of anilines is 1. The van der Waals surface area contributed by atoms with Crippen LogP contribution in [-0.2, 0) is 22.7 Å². The molecule has 0 saturated carbocycles. The zero-order chi connectivity index (χ0) is 14.4. The zero-order valence-electron chi connectivity index (χ0n) is 11.3. The predicted molar refractivity (Wildman–Crippen MR) is 75.9 cm³/mol. The van der Waals surface area contributed by atoms with Crippen molar-refractivity contribution in [2.24, 2.45) is 5.73 Å². The van der Waals surface area contributed by atoms with Crippen LogP contribution in [-0.4, -0.2) is 12.0 Å². The van der Waals surface area contributed by atoms with Crippen molar-refractivity contribution < 1.29 is 13.9 Å². The van der Waals surface area contributed by atoms with Crippen LogP contribution in [0.3, 0.4) is 0 Å². The summed E-state index contributed by atoms with van der Waals surface area (Å²) in [5, 5.41) is 2.79. The molecule has 3 N–H and O–H groups in total. The van der Waals surface area contributed by atoms with Gasteiger partial charge in [-0.25, -0.2) is 0 Å². The van der Waals surface area contributed by atoms with Crippen LogP contribution in [0.1, 0.15) is 18.2 Å². The van der Waals surface area contributed by atoms with Crippen molar-refractivity contribution >= 4 is 11.6 Å². The highest BCUT2D eigenvalue weighted by molar-refractivity contribution is 5.93. The third-order valence-corrected chi connectivity index (χ3v) is 2.88. The van der Waals surface area contributed by atoms with Gasteiger partial charge in [-0.1, -0.05) is 12.1 Å². The molecule has 0 fully saturated rings. The molecule has 20 heavy (non-hydrogen) atoms. The molecule has 0 spiro atoms. The van der Waals surface area contributed by atoms with Gasteiger partial charge < -0.3 is 20.2 Å². The molecule has 1 heterocycles. The maximum absolute atomic E-state index is 11.9. The largest absolute Gasteiger partial charge is 0.467 e. The minimum atomic E-state index is -0.561. The monoisotopic (exact) mass is 274 g/mol. The summed E-state index contributed by atoms with van der Waals surface area (Å²) in [4.78, 5) is 11.9. The van der Waals surface area contributed by atoms with Crippen molar-refractivity contribution in [1.82, 2.24) is 0 Å². The van der Waals surface area contributed by atoms with Crippen LogP contribution in [0.15, 0.2) is 47.1 Å². The van der Waals surface area contributed by atoms with Gasteiger partial charge >= 0.3 is 0 Å². The van der Waals surface area contributed by atoms with Crippen LogP contribution in [0.25, 0.3) is 0 Å². The third kappa shape index (κ3) is 3.94. The molecule has 1 atom stereocenters. The first-order chi connectivity index (χ1) is 9.69. The van der Waals surface area contributed by atoms with Gasteiger partial charge in [0, 0.05) is 12.2 Å². The summed E-state index contributed by atoms with van der Waals surface area (Å²) in [7, 11) is 0. The first-order valence-corrected chi connectivity index (χ1v) is 6.43. The van der Waals surface area contributed by atoms with E-state index in [1.165, 1.54) is 0 Å². The second kappa shape index (κ2) is 6.88. The standard InChI is InChI=1S/C15H18N2O3/c1-11(20-10-14-3-2-8-19-14)15(18)17-13-6-4-12(9-16)5-7-13/h2-8,11H,9-10,16H2,1H3,(H,17,18). The van der Waals surface area contributed by atoms with E-state index in [2.05, 4.69) is 5.32 Å². The van der Waals surface area contributed by atoms with Gasteiger partial charge in [0.2, 0.25) is 0 Å². The van der Waals surface area contributed by atoms with Gasteiger partial charge in [-0.2, -0.15) is 0 Å². The number of nitrogens with two attached hydrogens (primary N) is 1. The lowest BCUT2D eigenvalue weighted by Gasteiger charge is -2.12. The Hall–Kier alpha value is -2.11. The summed E-state index contributed by atoms with van der Waals surface area (Å²) in [6.45, 7) is 2.46. The molecule has 0 aliphatic carbocycles. The predicted octanol–water partition coefficient (Wildman–Crippen LogP) is 2.28. The first-order valence-electron chi connectivity index (χ1n) is 6.43. The second-order valence-corrected chi connectivity index (χ2v) is 4.42. The van der Waals surface area contributed by atoms with E-state index in [-0.39, 0.29) is 12.5 Å². The van der Waals surface area contributed by atoms with Crippen LogP contribution in [0, 0.1) is 0 Å². The lowest BCUT2D eigenvalue weighted by atomic mass is 10.2. The lowest BCUT2D eigenvalue weighted by molar-refractivity contribution is -0.127. The van der Waals surface area contributed by atoms with E-state index in [0.29, 0.717) is 12.3 Å². The quantitative estimate of drug-likeness (QED) is 0.847. The number of hydrogen-bond donors (Lipinski definition) is 2. The molecule has 0 radical (unpaired) electrons. The topological polar surface area (TPSA) is 77.5 Å². The second-order valence-electron chi connectivity index (χ2n) is 4.42. The van der Waals surface area contributed by atoms with Gasteiger partial charge in [-0.15, -0.1) is 0 Å². The number of carbonyl (C=O) groups excluding carboxylic acids is 1. The van der Waals surface area contributed by atoms with Gasteiger partial charge in [0.1, 0.15) is 18.5 Å². The molecule has 5 nitrogen and oxygen atoms in total. The van der Waals surface area contributed by atoms with Crippen LogP contribution in [0.4, 0.5) is 5.69 Å². The average molecular weight is 274 g/mol. The summed E-state index contributed by atoms with van der Waals surface area (Å²) in [6, 6.07) is 11.0. The van der Waals surface area contributed by atoms with Crippen LogP contribution in [0.5, 0.6) is 0 Å². The van der Waals surface area contributed by atoms with Gasteiger partial charge in [0.25, 0.3) is 5.91 Å². The van der Waals surface area contributed by atoms with Crippen molar-refractivity contribution in [3.05, 3.63) is 54.0 Å². The molecule has 1 amide bonds. The van der Waals surface area contributed by atoms with Gasteiger partial charge in [0.05, 0.1) is 6.26 Å². The fourth-order valence-corrected chi connectivity index (χ4v) is 1.65. The Morgan fingerprint density at radius 3 is 2.70 bits per heavy atom. The Balaban J connectivity index is 1.83. The van der Waals surface area contributed by atoms with Crippen LogP contribution < -0.4 is 11.1 Å². The highest BCUT2D eigenvalue weighted by atomic mass is 16.5. The van der Waals surface area contributed by atoms with Crippen molar-refractivity contribution in [1.29, 1.82) is 0 Å². The molecule has 0 saturated heterocycles. The molecule has 0 bridgehead atoms. The number of ether oxygens (including phenoxy) is 1. The summed E-state index contributed by atoms with van der Waals surface area (Å²) >= 11 is 0. The molecule has 0 aliphatic rings. The minimum absolute atomic E-state index is 0.197. The van der Waals surface area contributed by atoms with Crippen molar-refractivity contribution in [2.45, 2.75) is 26.2 Å². The van der Waals surface area contributed by atoms with E-state index in [9.17, 15) is 4.79 Å². The Kier molecular flexibility index (Phi) is 4.92. The average Bonchev–Trinajstić information content (AvgIpc) is 2.98. The Morgan fingerprint density at radius 1 is 1.35 bits per heavy atom. The summed E-state index contributed by atoms with van der Waals surface area (Å²) in [6.07, 6.45) is 1.01. The molecule has 106 valence electrons. The van der Waals surface area contributed by atoms with Gasteiger partial charge in [0.15, 0.2) is 0 Å². The fourth-order valence-electron chi connectivity index (χ4n) is 1.65. The third-order valence-electron chi connectivity index (χ3n) is 2.88. The first kappa shape index (κ1) is 14.3. The summed E-state index contributed by atoms with van der Waals surface area (Å²) < 4.78 is 10.6. The molecule has 1 aromatic carbocycles. The molecule has 2 aromatic rings. The molecule has 2 rings (SSSR count). The fraction of sp³-hybridized carbons (Fsp3) is 0.267. The maximum atomic E-state index is 11.9. The summed E-state index contributed by atoms with van der Waals surface area (Å²) in [5.74, 6) is 0.494. The number of benzene rings is 1. The number of rotatable bonds is 6. The van der Waals surface area contributed by atoms with E-state index < -0.39 is 6.10 Å². The van der Waals surface area contributed by atoms with Gasteiger partial charge in [-0.3, -0.25) is 4.79 Å². The van der Waals surface area contributed by atoms with Crippen LogP contribution >= 0.6 is 0 Å². The SMILES string of the molecule is CC(OCc1ccco1)C(=O)Nc1ccc(CN)cc1. The molecular weight excluding hydrogens is 256 g/mol. The zero-order valence-corrected chi connectivity index (χ0v) is 11.3. The van der Waals surface area contributed by atoms with E-state index in [1.54, 1.807) is 25.3 Å². The van der Waals surface area contributed by atoms with E-state index in [1.807, 2.05) is 24.3 Å². The molecular formula is C15H18N2O3. The molecule has 0 aliphatic heterocycles. The summed E-state index contributed by atoms with van der Waals surface area (Å²) in [5.41, 5.74) is 7.26. The lowest BCUT2D eigenvalue weighted by Crippen LogP contribution is -2.27. The normalized spacial score (nSPS) is 12.1. The number of furan rings is 1. The van der Waals surface area contributed by atoms with Crippen LogP contribution in [0.2, 0.25) is 0 Å². The maximum Gasteiger partial charge on any atom is 0.253 e. The Labute approximate surface area is 117 Å². The number of nitrogens with one attached hydrogen (secondary N) is 1. The van der Waals surface area contributed by atoms with Crippen molar-refractivity contribution in [3.63, 3.8) is 0 Å². The Bertz CT molecular complexity index is 535. The molecule has 1 unspecified atom stereocenters. The molecule has 1 aromatic heterocycles. The Morgan fingerprint density at radius 2 is 2.10 bits per heavy atom. The van der Waals surface area contributed by atoms with E-state index in [0.717, 1.165) is 11.3 Å². The highest BCUT2D eigenvalue weighted by Crippen LogP contribution is 2.11. The highest BCUT2D eigenvalue weighted by Gasteiger charge is 2.14.